The van der Waals surface area contributed by atoms with E-state index in [1.54, 1.807) is 24.3 Å². The Balaban J connectivity index is 1.63. The highest BCUT2D eigenvalue weighted by Gasteiger charge is 2.29. The van der Waals surface area contributed by atoms with Crippen molar-refractivity contribution in [1.82, 2.24) is 19.3 Å². The first-order valence-electron chi connectivity index (χ1n) is 9.12. The highest BCUT2D eigenvalue weighted by atomic mass is 32.2. The predicted octanol–water partition coefficient (Wildman–Crippen LogP) is 1.52. The lowest BCUT2D eigenvalue weighted by Gasteiger charge is -2.16. The van der Waals surface area contributed by atoms with E-state index in [0.717, 1.165) is 23.6 Å². The normalized spacial score (nSPS) is 14.8. The first-order chi connectivity index (χ1) is 14.4. The molecule has 0 atom stereocenters. The number of nitro groups is 1. The van der Waals surface area contributed by atoms with Crippen LogP contribution in [0, 0.1) is 10.1 Å². The second-order valence-corrected chi connectivity index (χ2v) is 8.62. The van der Waals surface area contributed by atoms with E-state index in [4.69, 9.17) is 4.74 Å². The third-order valence-electron chi connectivity index (χ3n) is 4.80. The van der Waals surface area contributed by atoms with Crippen molar-refractivity contribution in [1.29, 1.82) is 0 Å². The molecule has 11 nitrogen and oxygen atoms in total. The topological polar surface area (TPSA) is 138 Å². The second-order valence-electron chi connectivity index (χ2n) is 6.68. The van der Waals surface area contributed by atoms with Crippen molar-refractivity contribution in [3.05, 3.63) is 62.9 Å². The van der Waals surface area contributed by atoms with Gasteiger partial charge in [-0.25, -0.2) is 8.42 Å². The molecule has 2 aromatic carbocycles. The van der Waals surface area contributed by atoms with Crippen LogP contribution in [0.3, 0.4) is 0 Å². The fourth-order valence-corrected chi connectivity index (χ4v) is 4.78. The number of benzene rings is 2. The monoisotopic (exact) mass is 431 g/mol. The molecule has 2 heterocycles. The van der Waals surface area contributed by atoms with Gasteiger partial charge in [0.25, 0.3) is 5.56 Å². The molecule has 0 N–H and O–H groups in total. The van der Waals surface area contributed by atoms with Crippen molar-refractivity contribution in [2.75, 3.05) is 13.1 Å². The minimum absolute atomic E-state index is 0.175. The Bertz CT molecular complexity index is 1280. The van der Waals surface area contributed by atoms with Gasteiger partial charge < -0.3 is 4.74 Å². The Labute approximate surface area is 170 Å². The van der Waals surface area contributed by atoms with Crippen LogP contribution in [0.2, 0.25) is 0 Å². The lowest BCUT2D eigenvalue weighted by Crippen LogP contribution is -2.28. The molecule has 0 aliphatic carbocycles. The predicted molar refractivity (Wildman–Crippen MR) is 106 cm³/mol. The van der Waals surface area contributed by atoms with Crippen molar-refractivity contribution in [2.45, 2.75) is 24.5 Å². The third kappa shape index (κ3) is 3.62. The molecule has 3 aromatic rings. The van der Waals surface area contributed by atoms with Crippen molar-refractivity contribution < 1.29 is 18.1 Å². The molecule has 1 fully saturated rings. The standard InChI is InChI=1S/C18H17N5O6S/c24-18-14-5-1-2-6-15(14)19-20-22(18)12-29-17-8-7-13(11-16(17)23(25)26)30(27,28)21-9-3-4-10-21/h1-2,5-8,11H,3-4,9-10,12H2. The van der Waals surface area contributed by atoms with Gasteiger partial charge in [0.05, 0.1) is 15.2 Å². The minimum atomic E-state index is -3.81. The summed E-state index contributed by atoms with van der Waals surface area (Å²) in [4.78, 5) is 23.1. The average Bonchev–Trinajstić information content (AvgIpc) is 3.29. The molecular formula is C18H17N5O6S. The SMILES string of the molecule is O=c1c2ccccc2nnn1COc1ccc(S(=O)(=O)N2CCCC2)cc1[N+](=O)[O-]. The van der Waals surface area contributed by atoms with E-state index >= 15 is 0 Å². The van der Waals surface area contributed by atoms with Crippen LogP contribution >= 0.6 is 0 Å². The van der Waals surface area contributed by atoms with E-state index in [1.165, 1.54) is 16.4 Å². The quantitative estimate of drug-likeness (QED) is 0.423. The number of ether oxygens (including phenoxy) is 1. The number of fused-ring (bicyclic) bond motifs is 1. The van der Waals surface area contributed by atoms with E-state index in [9.17, 15) is 23.3 Å². The summed E-state index contributed by atoms with van der Waals surface area (Å²) in [6.45, 7) is 0.353. The second kappa shape index (κ2) is 7.80. The van der Waals surface area contributed by atoms with Gasteiger partial charge in [0.2, 0.25) is 10.0 Å². The third-order valence-corrected chi connectivity index (χ3v) is 6.70. The van der Waals surface area contributed by atoms with E-state index < -0.39 is 32.9 Å². The lowest BCUT2D eigenvalue weighted by atomic mass is 10.2. The molecule has 0 saturated carbocycles. The largest absolute Gasteiger partial charge is 0.464 e. The maximum absolute atomic E-state index is 12.7. The smallest absolute Gasteiger partial charge is 0.312 e. The zero-order valence-electron chi connectivity index (χ0n) is 15.7. The molecular weight excluding hydrogens is 414 g/mol. The fourth-order valence-electron chi connectivity index (χ4n) is 3.24. The summed E-state index contributed by atoms with van der Waals surface area (Å²) in [5.41, 5.74) is -0.560. The molecule has 1 aliphatic rings. The summed E-state index contributed by atoms with van der Waals surface area (Å²) in [5, 5.41) is 19.5. The maximum atomic E-state index is 12.7. The van der Waals surface area contributed by atoms with Crippen LogP contribution in [-0.4, -0.2) is 45.7 Å². The van der Waals surface area contributed by atoms with Gasteiger partial charge in [0.1, 0.15) is 5.52 Å². The molecule has 4 rings (SSSR count). The van der Waals surface area contributed by atoms with Crippen molar-refractivity contribution >= 4 is 26.6 Å². The first-order valence-corrected chi connectivity index (χ1v) is 10.6. The summed E-state index contributed by atoms with van der Waals surface area (Å²) >= 11 is 0. The summed E-state index contributed by atoms with van der Waals surface area (Å²) in [5.74, 6) is -0.178. The van der Waals surface area contributed by atoms with Crippen LogP contribution in [0.5, 0.6) is 5.75 Å². The average molecular weight is 431 g/mol. The van der Waals surface area contributed by atoms with Gasteiger partial charge in [0.15, 0.2) is 12.5 Å². The molecule has 0 unspecified atom stereocenters. The molecule has 0 spiro atoms. The lowest BCUT2D eigenvalue weighted by molar-refractivity contribution is -0.386. The van der Waals surface area contributed by atoms with Gasteiger partial charge in [-0.1, -0.05) is 17.3 Å². The van der Waals surface area contributed by atoms with E-state index in [-0.39, 0.29) is 10.6 Å². The minimum Gasteiger partial charge on any atom is -0.464 e. The van der Waals surface area contributed by atoms with Crippen LogP contribution in [0.4, 0.5) is 5.69 Å². The Morgan fingerprint density at radius 3 is 2.60 bits per heavy atom. The zero-order valence-corrected chi connectivity index (χ0v) is 16.5. The van der Waals surface area contributed by atoms with Gasteiger partial charge >= 0.3 is 5.69 Å². The Morgan fingerprint density at radius 1 is 1.13 bits per heavy atom. The molecule has 0 amide bonds. The maximum Gasteiger partial charge on any atom is 0.312 e. The van der Waals surface area contributed by atoms with Gasteiger partial charge in [-0.2, -0.15) is 8.99 Å². The molecule has 0 radical (unpaired) electrons. The van der Waals surface area contributed by atoms with Gasteiger partial charge in [-0.05, 0) is 37.1 Å². The Kier molecular flexibility index (Phi) is 5.18. The molecule has 1 aliphatic heterocycles. The summed E-state index contributed by atoms with van der Waals surface area (Å²) in [6, 6.07) is 10.1. The van der Waals surface area contributed by atoms with E-state index in [2.05, 4.69) is 10.3 Å². The summed E-state index contributed by atoms with van der Waals surface area (Å²) in [6.07, 6.45) is 1.51. The molecule has 12 heteroatoms. The number of sulfonamides is 1. The van der Waals surface area contributed by atoms with E-state index in [0.29, 0.717) is 24.0 Å². The highest BCUT2D eigenvalue weighted by molar-refractivity contribution is 7.89. The first kappa shape index (κ1) is 19.9. The molecule has 0 bridgehead atoms. The fraction of sp³-hybridized carbons (Fsp3) is 0.278. The molecule has 1 saturated heterocycles. The number of hydrogen-bond acceptors (Lipinski definition) is 8. The molecule has 1 aromatic heterocycles. The number of rotatable bonds is 6. The van der Waals surface area contributed by atoms with Crippen LogP contribution in [-0.2, 0) is 16.8 Å². The molecule has 156 valence electrons. The van der Waals surface area contributed by atoms with Crippen molar-refractivity contribution in [3.8, 4) is 5.75 Å². The van der Waals surface area contributed by atoms with E-state index in [1.807, 2.05) is 0 Å². The highest BCUT2D eigenvalue weighted by Crippen LogP contribution is 2.31. The number of nitrogens with zero attached hydrogens (tertiary/aromatic N) is 5. The molecule has 30 heavy (non-hydrogen) atoms. The Morgan fingerprint density at radius 2 is 1.87 bits per heavy atom. The van der Waals surface area contributed by atoms with Crippen LogP contribution in [0.15, 0.2) is 52.2 Å². The van der Waals surface area contributed by atoms with Crippen molar-refractivity contribution in [3.63, 3.8) is 0 Å². The summed E-state index contributed by atoms with van der Waals surface area (Å²) < 4.78 is 33.0. The van der Waals surface area contributed by atoms with Crippen LogP contribution in [0.25, 0.3) is 10.9 Å². The van der Waals surface area contributed by atoms with Gasteiger partial charge in [-0.3, -0.25) is 14.9 Å². The van der Waals surface area contributed by atoms with Gasteiger partial charge in [0, 0.05) is 19.2 Å². The number of hydrogen-bond donors (Lipinski definition) is 0. The van der Waals surface area contributed by atoms with Crippen LogP contribution in [0.1, 0.15) is 12.8 Å². The zero-order chi connectivity index (χ0) is 21.3. The number of nitro benzene ring substituents is 1. The number of aromatic nitrogens is 3. The summed E-state index contributed by atoms with van der Waals surface area (Å²) in [7, 11) is -3.81. The Hall–Kier alpha value is -3.38. The van der Waals surface area contributed by atoms with Crippen LogP contribution < -0.4 is 10.3 Å². The van der Waals surface area contributed by atoms with Crippen molar-refractivity contribution in [2.24, 2.45) is 0 Å². The van der Waals surface area contributed by atoms with Gasteiger partial charge in [-0.15, -0.1) is 5.10 Å².